The Hall–Kier alpha value is -3.06. The maximum atomic E-state index is 11.1. The second kappa shape index (κ2) is 11.8. The van der Waals surface area contributed by atoms with Gasteiger partial charge in [0.2, 0.25) is 5.91 Å². The zero-order valence-corrected chi connectivity index (χ0v) is 17.2. The number of ether oxygens (including phenoxy) is 1. The largest absolute Gasteiger partial charge is 0.492 e. The van der Waals surface area contributed by atoms with Crippen molar-refractivity contribution >= 4 is 18.0 Å². The summed E-state index contributed by atoms with van der Waals surface area (Å²) in [5.41, 5.74) is 11.6. The van der Waals surface area contributed by atoms with Gasteiger partial charge in [-0.05, 0) is 31.3 Å². The van der Waals surface area contributed by atoms with Crippen molar-refractivity contribution in [2.24, 2.45) is 11.5 Å². The van der Waals surface area contributed by atoms with Crippen LogP contribution in [0.1, 0.15) is 17.5 Å². The molecule has 30 heavy (non-hydrogen) atoms. The lowest BCUT2D eigenvalue weighted by molar-refractivity contribution is -0.113. The summed E-state index contributed by atoms with van der Waals surface area (Å²) in [5.74, 6) is 5.90. The lowest BCUT2D eigenvalue weighted by Gasteiger charge is -2.32. The smallest absolute Gasteiger partial charge is 0.338 e. The van der Waals surface area contributed by atoms with Crippen LogP contribution in [-0.4, -0.2) is 84.9 Å². The minimum Gasteiger partial charge on any atom is -0.492 e. The molecule has 1 aromatic rings. The summed E-state index contributed by atoms with van der Waals surface area (Å²) < 4.78 is 5.94. The van der Waals surface area contributed by atoms with E-state index < -0.39 is 11.9 Å². The van der Waals surface area contributed by atoms with E-state index >= 15 is 0 Å². The highest BCUT2D eigenvalue weighted by Crippen LogP contribution is 2.22. The first-order valence-corrected chi connectivity index (χ1v) is 9.75. The van der Waals surface area contributed by atoms with E-state index in [1.165, 1.54) is 6.08 Å². The van der Waals surface area contributed by atoms with Gasteiger partial charge in [-0.3, -0.25) is 14.9 Å². The second-order valence-corrected chi connectivity index (χ2v) is 6.99. The minimum atomic E-state index is -0.922. The van der Waals surface area contributed by atoms with Gasteiger partial charge in [0.25, 0.3) is 0 Å². The Kier molecular flexibility index (Phi) is 9.15. The molecule has 1 aromatic carbocycles. The number of rotatable bonds is 8. The fraction of sp³-hybridized carbons (Fsp3) is 0.429. The van der Waals surface area contributed by atoms with Crippen LogP contribution >= 0.6 is 0 Å². The summed E-state index contributed by atoms with van der Waals surface area (Å²) in [5, 5.41) is 9.64. The number of hydroxylamine groups is 2. The number of primary amides is 2. The van der Waals surface area contributed by atoms with Gasteiger partial charge in [0.15, 0.2) is 0 Å². The molecule has 0 aromatic heterocycles. The quantitative estimate of drug-likeness (QED) is 0.243. The first-order valence-electron chi connectivity index (χ1n) is 9.75. The fourth-order valence-electron chi connectivity index (χ4n) is 2.85. The Labute approximate surface area is 176 Å². The number of carbonyl (C=O) groups is 2. The molecule has 3 amide bonds. The van der Waals surface area contributed by atoms with Gasteiger partial charge in [-0.25, -0.2) is 9.86 Å². The molecule has 0 saturated carbocycles. The molecule has 1 heterocycles. The number of nitrogens with zero attached hydrogens (tertiary/aromatic N) is 3. The number of hydrogen-bond donors (Lipinski definition) is 3. The molecule has 162 valence electrons. The first-order chi connectivity index (χ1) is 14.3. The molecule has 9 nitrogen and oxygen atoms in total. The van der Waals surface area contributed by atoms with Crippen molar-refractivity contribution in [3.8, 4) is 17.6 Å². The highest BCUT2D eigenvalue weighted by Gasteiger charge is 2.13. The Morgan fingerprint density at radius 3 is 2.67 bits per heavy atom. The van der Waals surface area contributed by atoms with E-state index in [1.54, 1.807) is 18.2 Å². The molecule has 9 heteroatoms. The average Bonchev–Trinajstić information content (AvgIpc) is 2.71. The first kappa shape index (κ1) is 23.2. The van der Waals surface area contributed by atoms with E-state index in [-0.39, 0.29) is 13.0 Å². The van der Waals surface area contributed by atoms with Gasteiger partial charge >= 0.3 is 6.03 Å². The van der Waals surface area contributed by atoms with Crippen LogP contribution in [0.3, 0.4) is 0 Å². The Bertz CT molecular complexity index is 822. The predicted octanol–water partition coefficient (Wildman–Crippen LogP) is 0.323. The molecular formula is C21H29N5O4. The van der Waals surface area contributed by atoms with Crippen LogP contribution in [0.25, 0.3) is 6.08 Å². The number of hydrogen-bond acceptors (Lipinski definition) is 6. The number of likely N-dealkylation sites (N-methyl/N-ethyl adjacent to an activating group) is 1. The Morgan fingerprint density at radius 1 is 1.27 bits per heavy atom. The maximum absolute atomic E-state index is 11.1. The molecule has 0 spiro atoms. The molecule has 0 aliphatic carbocycles. The summed E-state index contributed by atoms with van der Waals surface area (Å²) in [6.45, 7) is 5.51. The standard InChI is InChI=1S/C21H29N5O4/c1-24-10-12-25(13-11-24)14-15-30-19-7-5-17(16-18(19)6-8-20(22)27)4-2-3-9-26(29)21(23)28/h5-8,16,29H,3,9-15H2,1H3,(H2,22,27)(H2,23,28)/b8-6+. The predicted molar refractivity (Wildman–Crippen MR) is 114 cm³/mol. The molecule has 0 atom stereocenters. The van der Waals surface area contributed by atoms with Crippen molar-refractivity contribution in [3.05, 3.63) is 35.4 Å². The third kappa shape index (κ3) is 8.13. The van der Waals surface area contributed by atoms with Crippen LogP contribution in [0, 0.1) is 11.8 Å². The normalized spacial score (nSPS) is 14.9. The van der Waals surface area contributed by atoms with E-state index in [4.69, 9.17) is 16.2 Å². The number of amides is 3. The van der Waals surface area contributed by atoms with Crippen molar-refractivity contribution in [1.29, 1.82) is 0 Å². The van der Waals surface area contributed by atoms with E-state index in [2.05, 4.69) is 28.7 Å². The van der Waals surface area contributed by atoms with Crippen molar-refractivity contribution in [2.45, 2.75) is 6.42 Å². The van der Waals surface area contributed by atoms with Crippen LogP contribution in [0.5, 0.6) is 5.75 Å². The van der Waals surface area contributed by atoms with Crippen LogP contribution in [0.4, 0.5) is 4.79 Å². The summed E-state index contributed by atoms with van der Waals surface area (Å²) >= 11 is 0. The molecule has 2 rings (SSSR count). The molecule has 0 unspecified atom stereocenters. The number of carbonyl (C=O) groups excluding carboxylic acids is 2. The molecule has 0 radical (unpaired) electrons. The van der Waals surface area contributed by atoms with Crippen molar-refractivity contribution < 1.29 is 19.5 Å². The van der Waals surface area contributed by atoms with Gasteiger partial charge in [0.05, 0.1) is 6.54 Å². The second-order valence-electron chi connectivity index (χ2n) is 6.99. The monoisotopic (exact) mass is 415 g/mol. The Balaban J connectivity index is 1.99. The molecule has 1 fully saturated rings. The number of nitrogens with two attached hydrogens (primary N) is 2. The SMILES string of the molecule is CN1CCN(CCOc2ccc(C#CCCN(O)C(N)=O)cc2/C=C/C(N)=O)CC1. The van der Waals surface area contributed by atoms with Crippen LogP contribution in [-0.2, 0) is 4.79 Å². The van der Waals surface area contributed by atoms with Gasteiger partial charge in [-0.2, -0.15) is 0 Å². The highest BCUT2D eigenvalue weighted by molar-refractivity contribution is 5.90. The summed E-state index contributed by atoms with van der Waals surface area (Å²) in [7, 11) is 2.12. The van der Waals surface area contributed by atoms with Crippen molar-refractivity contribution in [2.75, 3.05) is 52.9 Å². The third-order valence-corrected chi connectivity index (χ3v) is 4.63. The van der Waals surface area contributed by atoms with E-state index in [0.29, 0.717) is 28.5 Å². The molecule has 1 saturated heterocycles. The number of urea groups is 1. The van der Waals surface area contributed by atoms with Crippen molar-refractivity contribution in [1.82, 2.24) is 14.9 Å². The molecular weight excluding hydrogens is 386 g/mol. The van der Waals surface area contributed by atoms with Gasteiger partial charge < -0.3 is 21.1 Å². The van der Waals surface area contributed by atoms with Crippen molar-refractivity contribution in [3.63, 3.8) is 0 Å². The summed E-state index contributed by atoms with van der Waals surface area (Å²) in [4.78, 5) is 26.6. The van der Waals surface area contributed by atoms with Crippen LogP contribution in [0.2, 0.25) is 0 Å². The van der Waals surface area contributed by atoms with E-state index in [9.17, 15) is 14.8 Å². The maximum Gasteiger partial charge on any atom is 0.338 e. The Morgan fingerprint density at radius 2 is 2.00 bits per heavy atom. The number of piperazine rings is 1. The van der Waals surface area contributed by atoms with E-state index in [0.717, 1.165) is 32.7 Å². The average molecular weight is 415 g/mol. The van der Waals surface area contributed by atoms with Gasteiger partial charge in [-0.1, -0.05) is 11.8 Å². The summed E-state index contributed by atoms with van der Waals surface area (Å²) in [6, 6.07) is 4.48. The third-order valence-electron chi connectivity index (χ3n) is 4.63. The molecule has 0 bridgehead atoms. The number of benzene rings is 1. The lowest BCUT2D eigenvalue weighted by Crippen LogP contribution is -2.45. The minimum absolute atomic E-state index is 0.0181. The zero-order chi connectivity index (χ0) is 21.9. The highest BCUT2D eigenvalue weighted by atomic mass is 16.5. The van der Waals surface area contributed by atoms with Crippen LogP contribution in [0.15, 0.2) is 24.3 Å². The topological polar surface area (TPSA) is 125 Å². The van der Waals surface area contributed by atoms with Gasteiger partial charge in [0, 0.05) is 56.3 Å². The molecule has 1 aliphatic rings. The molecule has 1 aliphatic heterocycles. The van der Waals surface area contributed by atoms with Gasteiger partial charge in [0.1, 0.15) is 12.4 Å². The van der Waals surface area contributed by atoms with E-state index in [1.807, 2.05) is 6.07 Å². The van der Waals surface area contributed by atoms with Gasteiger partial charge in [-0.15, -0.1) is 0 Å². The zero-order valence-electron chi connectivity index (χ0n) is 17.2. The summed E-state index contributed by atoms with van der Waals surface area (Å²) in [6.07, 6.45) is 3.13. The molecule has 5 N–H and O–H groups in total. The fourth-order valence-corrected chi connectivity index (χ4v) is 2.85. The van der Waals surface area contributed by atoms with Crippen LogP contribution < -0.4 is 16.2 Å². The lowest BCUT2D eigenvalue weighted by atomic mass is 10.1.